The molecule has 1 saturated heterocycles. The molecular weight excluding hydrogens is 486 g/mol. The van der Waals surface area contributed by atoms with Gasteiger partial charge in [-0.2, -0.15) is 0 Å². The van der Waals surface area contributed by atoms with Gasteiger partial charge in [0, 0.05) is 62.6 Å². The van der Waals surface area contributed by atoms with Crippen molar-refractivity contribution >= 4 is 45.3 Å². The molecule has 35 heavy (non-hydrogen) atoms. The summed E-state index contributed by atoms with van der Waals surface area (Å²) in [7, 11) is 0. The second-order valence-electron chi connectivity index (χ2n) is 8.77. The van der Waals surface area contributed by atoms with Crippen molar-refractivity contribution in [3.8, 4) is 5.75 Å². The second-order valence-corrected chi connectivity index (χ2v) is 10.3. The first-order valence-electron chi connectivity index (χ1n) is 11.6. The molecule has 8 nitrogen and oxygen atoms in total. The molecule has 2 fully saturated rings. The minimum absolute atomic E-state index is 0.0458. The Bertz CT molecular complexity index is 1130. The Morgan fingerprint density at radius 1 is 1.17 bits per heavy atom. The van der Waals surface area contributed by atoms with E-state index in [0.29, 0.717) is 53.9 Å². The number of aromatic nitrogens is 1. The van der Waals surface area contributed by atoms with Crippen LogP contribution < -0.4 is 10.1 Å². The van der Waals surface area contributed by atoms with Crippen molar-refractivity contribution in [2.45, 2.75) is 45.3 Å². The highest BCUT2D eigenvalue weighted by atomic mass is 35.5. The highest BCUT2D eigenvalue weighted by molar-refractivity contribution is 8.26. The lowest BCUT2D eigenvalue weighted by molar-refractivity contribution is -0.130. The van der Waals surface area contributed by atoms with E-state index >= 15 is 0 Å². The fraction of sp³-hybridized carbons (Fsp3) is 0.400. The van der Waals surface area contributed by atoms with E-state index < -0.39 is 0 Å². The van der Waals surface area contributed by atoms with Gasteiger partial charge in [-0.15, -0.1) is 0 Å². The first-order valence-corrected chi connectivity index (χ1v) is 12.8. The lowest BCUT2D eigenvalue weighted by Crippen LogP contribution is -2.40. The summed E-state index contributed by atoms with van der Waals surface area (Å²) in [5.41, 5.74) is 1.56. The third-order valence-corrected chi connectivity index (χ3v) is 7.28. The van der Waals surface area contributed by atoms with Crippen LogP contribution in [0.25, 0.3) is 0 Å². The third-order valence-electron chi connectivity index (χ3n) is 6.05. The molecule has 2 aliphatic rings. The van der Waals surface area contributed by atoms with E-state index in [1.54, 1.807) is 30.0 Å². The quantitative estimate of drug-likeness (QED) is 0.372. The van der Waals surface area contributed by atoms with Gasteiger partial charge in [0.1, 0.15) is 22.6 Å². The van der Waals surface area contributed by atoms with E-state index in [4.69, 9.17) is 27.2 Å². The van der Waals surface area contributed by atoms with Crippen molar-refractivity contribution in [3.05, 3.63) is 58.4 Å². The van der Waals surface area contributed by atoms with Crippen LogP contribution in [0, 0.1) is 16.7 Å². The van der Waals surface area contributed by atoms with Crippen LogP contribution in [0.3, 0.4) is 0 Å². The van der Waals surface area contributed by atoms with E-state index in [1.165, 1.54) is 6.20 Å². The minimum Gasteiger partial charge on any atom is -0.489 e. The van der Waals surface area contributed by atoms with Crippen LogP contribution in [0.5, 0.6) is 5.75 Å². The Morgan fingerprint density at radius 2 is 1.86 bits per heavy atom. The summed E-state index contributed by atoms with van der Waals surface area (Å²) in [6, 6.07) is 8.78. The molecular formula is C25H28ClN5O3S. The number of carbonyl (C=O) groups excluding carboxylic acids is 2. The molecule has 2 aromatic rings. The molecule has 0 bridgehead atoms. The van der Waals surface area contributed by atoms with Crippen molar-refractivity contribution < 1.29 is 14.3 Å². The summed E-state index contributed by atoms with van der Waals surface area (Å²) in [4.78, 5) is 30.5. The Hall–Kier alpha value is -2.91. The van der Waals surface area contributed by atoms with Gasteiger partial charge in [0.2, 0.25) is 5.91 Å². The minimum atomic E-state index is -0.354. The molecule has 0 radical (unpaired) electrons. The molecule has 1 aromatic heterocycles. The number of benzene rings is 1. The van der Waals surface area contributed by atoms with Gasteiger partial charge in [-0.25, -0.2) is 0 Å². The van der Waals surface area contributed by atoms with Gasteiger partial charge in [-0.3, -0.25) is 25.4 Å². The standard InChI is InChI=1S/C25H28ClN5O3S/c1-15(32)31-10-8-19(9-11-31)34-22-12-21(25(33)30-13-16-2-6-18(26)7-3-16)29-14-20(22)24(28)35-23(27)17-4-5-17/h2-3,6-7,12,14,17,19,27-28H,4-5,8-11,13H2,1H3,(H,30,33). The van der Waals surface area contributed by atoms with E-state index in [-0.39, 0.29) is 34.6 Å². The number of rotatable bonds is 7. The number of likely N-dealkylation sites (tertiary alicyclic amines) is 1. The number of ether oxygens (including phenoxy) is 1. The van der Waals surface area contributed by atoms with Crippen LogP contribution in [0.4, 0.5) is 0 Å². The van der Waals surface area contributed by atoms with E-state index in [0.717, 1.165) is 30.2 Å². The number of nitrogens with zero attached hydrogens (tertiary/aromatic N) is 2. The first-order chi connectivity index (χ1) is 16.8. The molecule has 10 heteroatoms. The number of amides is 2. The predicted octanol–water partition coefficient (Wildman–Crippen LogP) is 4.50. The molecule has 1 aromatic carbocycles. The number of hydrogen-bond donors (Lipinski definition) is 3. The van der Waals surface area contributed by atoms with Gasteiger partial charge < -0.3 is 15.0 Å². The monoisotopic (exact) mass is 513 g/mol. The van der Waals surface area contributed by atoms with Crippen molar-refractivity contribution in [2.75, 3.05) is 13.1 Å². The molecule has 1 aliphatic heterocycles. The number of halogens is 1. The summed E-state index contributed by atoms with van der Waals surface area (Å²) in [5, 5.41) is 20.9. The van der Waals surface area contributed by atoms with E-state index in [1.807, 2.05) is 12.1 Å². The largest absolute Gasteiger partial charge is 0.489 e. The van der Waals surface area contributed by atoms with E-state index in [9.17, 15) is 9.59 Å². The molecule has 184 valence electrons. The summed E-state index contributed by atoms with van der Waals surface area (Å²) < 4.78 is 6.26. The van der Waals surface area contributed by atoms with Crippen LogP contribution in [0.15, 0.2) is 36.5 Å². The van der Waals surface area contributed by atoms with Crippen LogP contribution in [0.2, 0.25) is 5.02 Å². The van der Waals surface area contributed by atoms with Gasteiger partial charge in [0.05, 0.1) is 10.6 Å². The van der Waals surface area contributed by atoms with Crippen molar-refractivity contribution in [2.24, 2.45) is 5.92 Å². The SMILES string of the molecule is CC(=O)N1CCC(Oc2cc(C(=O)NCc3ccc(Cl)cc3)ncc2C(=N)SC(=N)C2CC2)CC1. The summed E-state index contributed by atoms with van der Waals surface area (Å²) >= 11 is 7.03. The Labute approximate surface area is 213 Å². The molecule has 4 rings (SSSR count). The third kappa shape index (κ3) is 6.82. The van der Waals surface area contributed by atoms with Crippen molar-refractivity contribution in [1.82, 2.24) is 15.2 Å². The summed E-state index contributed by atoms with van der Waals surface area (Å²) in [6.07, 6.45) is 4.64. The molecule has 0 atom stereocenters. The Kier molecular flexibility index (Phi) is 8.07. The molecule has 1 saturated carbocycles. The topological polar surface area (TPSA) is 119 Å². The maximum Gasteiger partial charge on any atom is 0.270 e. The lowest BCUT2D eigenvalue weighted by atomic mass is 10.1. The molecule has 3 N–H and O–H groups in total. The highest BCUT2D eigenvalue weighted by Gasteiger charge is 2.29. The molecule has 0 spiro atoms. The molecule has 2 amide bonds. The van der Waals surface area contributed by atoms with E-state index in [2.05, 4.69) is 10.3 Å². The molecule has 1 aliphatic carbocycles. The van der Waals surface area contributed by atoms with Crippen LogP contribution in [-0.2, 0) is 11.3 Å². The Morgan fingerprint density at radius 3 is 2.49 bits per heavy atom. The first kappa shape index (κ1) is 25.2. The maximum atomic E-state index is 12.8. The number of carbonyl (C=O) groups is 2. The highest BCUT2D eigenvalue weighted by Crippen LogP contribution is 2.36. The molecule has 0 unspecified atom stereocenters. The smallest absolute Gasteiger partial charge is 0.270 e. The maximum absolute atomic E-state index is 12.8. The number of hydrogen-bond acceptors (Lipinski definition) is 7. The average Bonchev–Trinajstić information content (AvgIpc) is 3.69. The van der Waals surface area contributed by atoms with Crippen molar-refractivity contribution in [3.63, 3.8) is 0 Å². The number of thioether (sulfide) groups is 1. The zero-order valence-electron chi connectivity index (χ0n) is 19.5. The van der Waals surface area contributed by atoms with Crippen molar-refractivity contribution in [1.29, 1.82) is 10.8 Å². The Balaban J connectivity index is 1.49. The molecule has 2 heterocycles. The fourth-order valence-corrected chi connectivity index (χ4v) is 4.78. The zero-order valence-corrected chi connectivity index (χ0v) is 21.0. The summed E-state index contributed by atoms with van der Waals surface area (Å²) in [5.74, 6) is 0.336. The number of pyridine rings is 1. The van der Waals surface area contributed by atoms with Gasteiger partial charge in [-0.1, -0.05) is 35.5 Å². The van der Waals surface area contributed by atoms with Crippen LogP contribution >= 0.6 is 23.4 Å². The van der Waals surface area contributed by atoms with Gasteiger partial charge in [0.25, 0.3) is 5.91 Å². The van der Waals surface area contributed by atoms with Crippen LogP contribution in [0.1, 0.15) is 54.2 Å². The van der Waals surface area contributed by atoms with Gasteiger partial charge >= 0.3 is 0 Å². The van der Waals surface area contributed by atoms with Gasteiger partial charge in [-0.05, 0) is 30.5 Å². The predicted molar refractivity (Wildman–Crippen MR) is 138 cm³/mol. The van der Waals surface area contributed by atoms with Gasteiger partial charge in [0.15, 0.2) is 0 Å². The van der Waals surface area contributed by atoms with Crippen LogP contribution in [-0.4, -0.2) is 51.0 Å². The zero-order chi connectivity index (χ0) is 24.9. The number of nitrogens with one attached hydrogen (secondary N) is 3. The summed E-state index contributed by atoms with van der Waals surface area (Å²) in [6.45, 7) is 3.09. The lowest BCUT2D eigenvalue weighted by Gasteiger charge is -2.32. The number of piperidine rings is 1. The second kappa shape index (κ2) is 11.2. The normalized spacial score (nSPS) is 16.0. The fourth-order valence-electron chi connectivity index (χ4n) is 3.77. The average molecular weight is 514 g/mol.